The van der Waals surface area contributed by atoms with E-state index in [9.17, 15) is 28.1 Å². The molecule has 0 spiro atoms. The predicted octanol–water partition coefficient (Wildman–Crippen LogP) is 5.13. The van der Waals surface area contributed by atoms with Crippen LogP contribution in [0, 0.1) is 10.1 Å². The lowest BCUT2D eigenvalue weighted by Crippen LogP contribution is -2.17. The Balaban J connectivity index is 1.83. The van der Waals surface area contributed by atoms with E-state index in [0.29, 0.717) is 24.6 Å². The molecule has 150 valence electrons. The Labute approximate surface area is 175 Å². The minimum absolute atomic E-state index is 0.203. The van der Waals surface area contributed by atoms with Gasteiger partial charge in [0, 0.05) is 11.0 Å². The van der Waals surface area contributed by atoms with E-state index >= 15 is 0 Å². The van der Waals surface area contributed by atoms with Crippen LogP contribution in [0.2, 0.25) is 0 Å². The molecule has 1 aliphatic heterocycles. The fraction of sp³-hybridized carbons (Fsp3) is 0.0588. The van der Waals surface area contributed by atoms with Crippen LogP contribution in [0.25, 0.3) is 6.08 Å². The number of amides is 1. The first-order valence-corrected chi connectivity index (χ1v) is 9.72. The van der Waals surface area contributed by atoms with E-state index in [0.717, 1.165) is 35.7 Å². The summed E-state index contributed by atoms with van der Waals surface area (Å²) in [6.07, 6.45) is -3.31. The molecule has 1 N–H and O–H groups in total. The van der Waals surface area contributed by atoms with Crippen LogP contribution >= 0.6 is 35.7 Å². The van der Waals surface area contributed by atoms with Crippen LogP contribution in [0.15, 0.2) is 57.2 Å². The minimum Gasteiger partial charge on any atom is -0.406 e. The van der Waals surface area contributed by atoms with Crippen LogP contribution in [0.5, 0.6) is 5.75 Å². The monoisotopic (exact) mass is 458 g/mol. The zero-order valence-corrected chi connectivity index (χ0v) is 16.5. The van der Waals surface area contributed by atoms with Crippen molar-refractivity contribution in [1.29, 1.82) is 0 Å². The molecular weight excluding hydrogens is 449 g/mol. The Morgan fingerprint density at radius 3 is 2.45 bits per heavy atom. The number of carbonyl (C=O) groups excluding carboxylic acids is 1. The van der Waals surface area contributed by atoms with Gasteiger partial charge in [0.2, 0.25) is 0 Å². The van der Waals surface area contributed by atoms with Gasteiger partial charge in [-0.25, -0.2) is 0 Å². The van der Waals surface area contributed by atoms with E-state index in [1.807, 2.05) is 0 Å². The third-order valence-electron chi connectivity index (χ3n) is 3.40. The summed E-state index contributed by atoms with van der Waals surface area (Å²) >= 11 is 6.97. The Morgan fingerprint density at radius 2 is 1.90 bits per heavy atom. The normalized spacial score (nSPS) is 15.5. The highest BCUT2D eigenvalue weighted by Gasteiger charge is 2.31. The zero-order chi connectivity index (χ0) is 21.2. The van der Waals surface area contributed by atoms with Gasteiger partial charge in [-0.2, -0.15) is 0 Å². The third kappa shape index (κ3) is 5.71. The summed E-state index contributed by atoms with van der Waals surface area (Å²) in [6.45, 7) is 0. The number of nitrogens with zero attached hydrogens (tertiary/aromatic N) is 1. The standard InChI is InChI=1S/C17H9F3N2O4S3/c18-17(19,20)26-10-2-4-11(5-3-10)28-13-6-1-9(7-12(13)22(24)25)8-14-15(23)21-16(27)29-14/h1-8H,(H,21,23,27)/b14-8-. The number of nitro groups is 1. The van der Waals surface area contributed by atoms with Crippen LogP contribution in [0.4, 0.5) is 18.9 Å². The van der Waals surface area contributed by atoms with E-state index in [1.54, 1.807) is 6.07 Å². The largest absolute Gasteiger partial charge is 0.573 e. The Kier molecular flexibility index (Phi) is 6.15. The van der Waals surface area contributed by atoms with Gasteiger partial charge in [0.05, 0.1) is 14.7 Å². The second-order valence-electron chi connectivity index (χ2n) is 5.46. The number of nitrogens with one attached hydrogen (secondary N) is 1. The van der Waals surface area contributed by atoms with Crippen LogP contribution in [0.1, 0.15) is 5.56 Å². The maximum absolute atomic E-state index is 12.2. The number of ether oxygens (including phenoxy) is 1. The van der Waals surface area contributed by atoms with Crippen molar-refractivity contribution < 1.29 is 27.6 Å². The van der Waals surface area contributed by atoms with E-state index in [2.05, 4.69) is 10.1 Å². The molecule has 1 saturated heterocycles. The molecule has 1 aliphatic rings. The van der Waals surface area contributed by atoms with E-state index in [1.165, 1.54) is 30.3 Å². The first-order chi connectivity index (χ1) is 13.6. The van der Waals surface area contributed by atoms with Crippen molar-refractivity contribution in [3.63, 3.8) is 0 Å². The van der Waals surface area contributed by atoms with Gasteiger partial charge in [-0.3, -0.25) is 14.9 Å². The van der Waals surface area contributed by atoms with E-state index in [-0.39, 0.29) is 17.3 Å². The predicted molar refractivity (Wildman–Crippen MR) is 107 cm³/mol. The second-order valence-corrected chi connectivity index (χ2v) is 8.29. The lowest BCUT2D eigenvalue weighted by atomic mass is 10.2. The molecular formula is C17H9F3N2O4S3. The van der Waals surface area contributed by atoms with Crippen LogP contribution in [-0.4, -0.2) is 21.5 Å². The first kappa shape index (κ1) is 21.1. The number of hydrogen-bond donors (Lipinski definition) is 1. The van der Waals surface area contributed by atoms with Gasteiger partial charge in [0.15, 0.2) is 0 Å². The van der Waals surface area contributed by atoms with E-state index < -0.39 is 11.3 Å². The number of thioether (sulfide) groups is 1. The molecule has 0 aromatic heterocycles. The number of benzene rings is 2. The number of thiocarbonyl (C=S) groups is 1. The SMILES string of the molecule is O=C1NC(=S)S/C1=C\c1ccc(Sc2ccc(OC(F)(F)F)cc2)c([N+](=O)[O-])c1. The van der Waals surface area contributed by atoms with Gasteiger partial charge in [0.1, 0.15) is 10.1 Å². The topological polar surface area (TPSA) is 81.5 Å². The molecule has 0 saturated carbocycles. The molecule has 29 heavy (non-hydrogen) atoms. The quantitative estimate of drug-likeness (QED) is 0.288. The molecule has 0 unspecified atom stereocenters. The van der Waals surface area contributed by atoms with Gasteiger partial charge in [0.25, 0.3) is 11.6 Å². The average molecular weight is 458 g/mol. The van der Waals surface area contributed by atoms with Gasteiger partial charge in [-0.1, -0.05) is 41.8 Å². The molecule has 0 atom stereocenters. The molecule has 0 radical (unpaired) electrons. The molecule has 3 rings (SSSR count). The van der Waals surface area contributed by atoms with Gasteiger partial charge >= 0.3 is 6.36 Å². The lowest BCUT2D eigenvalue weighted by molar-refractivity contribution is -0.387. The summed E-state index contributed by atoms with van der Waals surface area (Å²) in [7, 11) is 0. The third-order valence-corrected chi connectivity index (χ3v) is 5.64. The van der Waals surface area contributed by atoms with E-state index in [4.69, 9.17) is 12.2 Å². The second kappa shape index (κ2) is 8.43. The minimum atomic E-state index is -4.80. The summed E-state index contributed by atoms with van der Waals surface area (Å²) in [5.74, 6) is -0.758. The summed E-state index contributed by atoms with van der Waals surface area (Å²) < 4.78 is 40.8. The Hall–Kier alpha value is -2.57. The average Bonchev–Trinajstić information content (AvgIpc) is 2.93. The Bertz CT molecular complexity index is 1020. The van der Waals surface area contributed by atoms with Crippen molar-refractivity contribution in [2.45, 2.75) is 16.2 Å². The molecule has 1 heterocycles. The summed E-state index contributed by atoms with van der Waals surface area (Å²) in [6, 6.07) is 9.39. The number of hydrogen-bond acceptors (Lipinski definition) is 7. The fourth-order valence-electron chi connectivity index (χ4n) is 2.26. The lowest BCUT2D eigenvalue weighted by Gasteiger charge is -2.09. The molecule has 12 heteroatoms. The molecule has 0 aliphatic carbocycles. The molecule has 0 bridgehead atoms. The summed E-state index contributed by atoms with van der Waals surface area (Å²) in [4.78, 5) is 23.7. The Morgan fingerprint density at radius 1 is 1.21 bits per heavy atom. The highest BCUT2D eigenvalue weighted by atomic mass is 32.2. The highest BCUT2D eigenvalue weighted by molar-refractivity contribution is 8.26. The maximum Gasteiger partial charge on any atom is 0.573 e. The van der Waals surface area contributed by atoms with Crippen molar-refractivity contribution >= 4 is 57.7 Å². The highest BCUT2D eigenvalue weighted by Crippen LogP contribution is 2.37. The first-order valence-electron chi connectivity index (χ1n) is 7.68. The van der Waals surface area contributed by atoms with Crippen molar-refractivity contribution in [2.75, 3.05) is 0 Å². The van der Waals surface area contributed by atoms with Gasteiger partial charge in [-0.15, -0.1) is 13.2 Å². The smallest absolute Gasteiger partial charge is 0.406 e. The fourth-order valence-corrected chi connectivity index (χ4v) is 4.21. The molecule has 6 nitrogen and oxygen atoms in total. The molecule has 2 aromatic rings. The number of carbonyl (C=O) groups is 1. The number of halogens is 3. The van der Waals surface area contributed by atoms with Crippen LogP contribution in [-0.2, 0) is 4.79 Å². The van der Waals surface area contributed by atoms with Gasteiger partial charge < -0.3 is 10.1 Å². The van der Waals surface area contributed by atoms with Crippen molar-refractivity contribution in [3.05, 3.63) is 63.0 Å². The molecule has 1 fully saturated rings. The van der Waals surface area contributed by atoms with Crippen LogP contribution < -0.4 is 10.1 Å². The number of rotatable bonds is 5. The van der Waals surface area contributed by atoms with Crippen molar-refractivity contribution in [1.82, 2.24) is 5.32 Å². The van der Waals surface area contributed by atoms with Crippen LogP contribution in [0.3, 0.4) is 0 Å². The number of nitro benzene ring substituents is 1. The zero-order valence-electron chi connectivity index (χ0n) is 14.1. The maximum atomic E-state index is 12.2. The molecule has 2 aromatic carbocycles. The number of alkyl halides is 3. The molecule has 1 amide bonds. The van der Waals surface area contributed by atoms with Gasteiger partial charge in [-0.05, 0) is 42.0 Å². The van der Waals surface area contributed by atoms with Crippen molar-refractivity contribution in [3.8, 4) is 5.75 Å². The summed E-state index contributed by atoms with van der Waals surface area (Å²) in [5, 5.41) is 13.9. The van der Waals surface area contributed by atoms with Crippen molar-refractivity contribution in [2.24, 2.45) is 0 Å². The summed E-state index contributed by atoms with van der Waals surface area (Å²) in [5.41, 5.74) is 0.239.